The van der Waals surface area contributed by atoms with E-state index in [0.717, 1.165) is 11.0 Å². The fraction of sp³-hybridized carbons (Fsp3) is 0.118. The van der Waals surface area contributed by atoms with E-state index in [0.29, 0.717) is 27.4 Å². The van der Waals surface area contributed by atoms with Crippen LogP contribution in [0.5, 0.6) is 11.5 Å². The number of aromatic nitrogens is 2. The van der Waals surface area contributed by atoms with Crippen molar-refractivity contribution in [2.45, 2.75) is 0 Å². The van der Waals surface area contributed by atoms with Crippen LogP contribution in [0.3, 0.4) is 0 Å². The van der Waals surface area contributed by atoms with Crippen molar-refractivity contribution < 1.29 is 14.3 Å². The smallest absolute Gasteiger partial charge is 0.271 e. The Kier molecular flexibility index (Phi) is 4.80. The number of nitrogens with one attached hydrogen (secondary N) is 3. The van der Waals surface area contributed by atoms with Gasteiger partial charge in [-0.1, -0.05) is 0 Å². The highest BCUT2D eigenvalue weighted by molar-refractivity contribution is 7.71. The molecule has 0 atom stereocenters. The standard InChI is InChI=1S/C17H16N4O3S/c1-23-12-5-3-11(15(8-12)24-2)9-18-21-16(22)10-4-6-13-14(7-10)20-17(25)19-13/h3-9H,1-2H3,(H,21,22)(H2,19,20,25)/b18-9-. The zero-order chi connectivity index (χ0) is 17.8. The van der Waals surface area contributed by atoms with Gasteiger partial charge in [-0.2, -0.15) is 5.10 Å². The van der Waals surface area contributed by atoms with E-state index in [1.54, 1.807) is 50.6 Å². The second-order valence-corrected chi connectivity index (χ2v) is 5.55. The lowest BCUT2D eigenvalue weighted by Crippen LogP contribution is -2.17. The Bertz CT molecular complexity index is 1010. The predicted molar refractivity (Wildman–Crippen MR) is 98.1 cm³/mol. The van der Waals surface area contributed by atoms with Crippen molar-refractivity contribution in [3.05, 3.63) is 52.3 Å². The van der Waals surface area contributed by atoms with Crippen LogP contribution in [0.4, 0.5) is 0 Å². The highest BCUT2D eigenvalue weighted by Crippen LogP contribution is 2.23. The van der Waals surface area contributed by atoms with Crippen molar-refractivity contribution in [2.24, 2.45) is 5.10 Å². The van der Waals surface area contributed by atoms with Crippen LogP contribution in [0.25, 0.3) is 11.0 Å². The molecule has 128 valence electrons. The third-order valence-corrected chi connectivity index (χ3v) is 3.79. The summed E-state index contributed by atoms with van der Waals surface area (Å²) in [6, 6.07) is 10.5. The maximum absolute atomic E-state index is 12.2. The first-order chi connectivity index (χ1) is 12.1. The molecule has 0 unspecified atom stereocenters. The quantitative estimate of drug-likeness (QED) is 0.372. The summed E-state index contributed by atoms with van der Waals surface area (Å²) in [6.07, 6.45) is 1.51. The van der Waals surface area contributed by atoms with Gasteiger partial charge in [0.15, 0.2) is 4.77 Å². The van der Waals surface area contributed by atoms with Crippen LogP contribution in [0.15, 0.2) is 41.5 Å². The molecule has 7 nitrogen and oxygen atoms in total. The van der Waals surface area contributed by atoms with Crippen LogP contribution >= 0.6 is 12.2 Å². The highest BCUT2D eigenvalue weighted by atomic mass is 32.1. The zero-order valence-electron chi connectivity index (χ0n) is 13.6. The largest absolute Gasteiger partial charge is 0.497 e. The van der Waals surface area contributed by atoms with E-state index in [4.69, 9.17) is 21.7 Å². The first kappa shape index (κ1) is 16.7. The second kappa shape index (κ2) is 7.18. The summed E-state index contributed by atoms with van der Waals surface area (Å²) in [5.41, 5.74) is 5.28. The Hall–Kier alpha value is -3.13. The van der Waals surface area contributed by atoms with Crippen LogP contribution in [0.1, 0.15) is 15.9 Å². The van der Waals surface area contributed by atoms with Gasteiger partial charge in [-0.25, -0.2) is 5.43 Å². The highest BCUT2D eigenvalue weighted by Gasteiger charge is 2.07. The van der Waals surface area contributed by atoms with Gasteiger partial charge in [-0.3, -0.25) is 4.79 Å². The number of hydrazone groups is 1. The Balaban J connectivity index is 1.74. The molecule has 0 saturated carbocycles. The van der Waals surface area contributed by atoms with Crippen LogP contribution in [0, 0.1) is 4.77 Å². The number of benzene rings is 2. The van der Waals surface area contributed by atoms with Gasteiger partial charge in [-0.05, 0) is 42.5 Å². The monoisotopic (exact) mass is 356 g/mol. The van der Waals surface area contributed by atoms with Gasteiger partial charge in [-0.15, -0.1) is 0 Å². The predicted octanol–water partition coefficient (Wildman–Crippen LogP) is 3.01. The lowest BCUT2D eigenvalue weighted by atomic mass is 10.2. The molecule has 8 heteroatoms. The number of amides is 1. The molecule has 0 aliphatic rings. The van der Waals surface area contributed by atoms with Crippen LogP contribution in [-0.2, 0) is 0 Å². The minimum absolute atomic E-state index is 0.328. The minimum atomic E-state index is -0.328. The summed E-state index contributed by atoms with van der Waals surface area (Å²) >= 11 is 5.03. The minimum Gasteiger partial charge on any atom is -0.497 e. The molecule has 0 radical (unpaired) electrons. The molecule has 25 heavy (non-hydrogen) atoms. The van der Waals surface area contributed by atoms with E-state index < -0.39 is 0 Å². The average Bonchev–Trinajstić information content (AvgIpc) is 3.00. The number of ether oxygens (including phenoxy) is 2. The van der Waals surface area contributed by atoms with Crippen molar-refractivity contribution >= 4 is 35.4 Å². The molecule has 0 aliphatic carbocycles. The third-order valence-electron chi connectivity index (χ3n) is 3.59. The van der Waals surface area contributed by atoms with E-state index in [-0.39, 0.29) is 5.91 Å². The van der Waals surface area contributed by atoms with Crippen molar-refractivity contribution in [3.8, 4) is 11.5 Å². The lowest BCUT2D eigenvalue weighted by molar-refractivity contribution is 0.0955. The van der Waals surface area contributed by atoms with Gasteiger partial charge in [0, 0.05) is 17.2 Å². The number of fused-ring (bicyclic) bond motifs is 1. The Morgan fingerprint density at radius 1 is 1.12 bits per heavy atom. The van der Waals surface area contributed by atoms with Gasteiger partial charge in [0.25, 0.3) is 5.91 Å². The van der Waals surface area contributed by atoms with Gasteiger partial charge < -0.3 is 19.4 Å². The molecule has 3 aromatic rings. The molecule has 0 aliphatic heterocycles. The zero-order valence-corrected chi connectivity index (χ0v) is 14.4. The first-order valence-corrected chi connectivity index (χ1v) is 7.79. The summed E-state index contributed by atoms with van der Waals surface area (Å²) in [5.74, 6) is 0.944. The van der Waals surface area contributed by atoms with Crippen molar-refractivity contribution in [2.75, 3.05) is 14.2 Å². The Labute approximate surface area is 148 Å². The molecule has 3 N–H and O–H groups in total. The topological polar surface area (TPSA) is 91.5 Å². The van der Waals surface area contributed by atoms with E-state index in [2.05, 4.69) is 20.5 Å². The summed E-state index contributed by atoms with van der Waals surface area (Å²) in [5, 5.41) is 3.98. The van der Waals surface area contributed by atoms with Crippen LogP contribution in [0.2, 0.25) is 0 Å². The summed E-state index contributed by atoms with van der Waals surface area (Å²) in [7, 11) is 3.14. The number of carbonyl (C=O) groups is 1. The SMILES string of the molecule is COc1ccc(/C=N\NC(=O)c2ccc3[nH]c(=S)[nH]c3c2)c(OC)c1. The molecular weight excluding hydrogens is 340 g/mol. The molecule has 3 rings (SSSR count). The lowest BCUT2D eigenvalue weighted by Gasteiger charge is -2.07. The molecule has 1 amide bonds. The Morgan fingerprint density at radius 3 is 2.68 bits per heavy atom. The molecule has 1 heterocycles. The number of nitrogens with zero attached hydrogens (tertiary/aromatic N) is 1. The van der Waals surface area contributed by atoms with Gasteiger partial charge in [0.2, 0.25) is 0 Å². The van der Waals surface area contributed by atoms with Gasteiger partial charge >= 0.3 is 0 Å². The maximum Gasteiger partial charge on any atom is 0.271 e. The number of H-pyrrole nitrogens is 2. The molecule has 0 fully saturated rings. The third kappa shape index (κ3) is 3.69. The molecule has 0 spiro atoms. The van der Waals surface area contributed by atoms with Crippen molar-refractivity contribution in [1.82, 2.24) is 15.4 Å². The molecule has 0 saturated heterocycles. The van der Waals surface area contributed by atoms with Crippen molar-refractivity contribution in [3.63, 3.8) is 0 Å². The Morgan fingerprint density at radius 2 is 1.92 bits per heavy atom. The van der Waals surface area contributed by atoms with E-state index in [1.807, 2.05) is 0 Å². The van der Waals surface area contributed by atoms with E-state index >= 15 is 0 Å². The molecule has 1 aromatic heterocycles. The van der Waals surface area contributed by atoms with E-state index in [1.165, 1.54) is 6.21 Å². The fourth-order valence-electron chi connectivity index (χ4n) is 2.32. The van der Waals surface area contributed by atoms with Crippen LogP contribution in [-0.4, -0.2) is 36.3 Å². The van der Waals surface area contributed by atoms with Crippen LogP contribution < -0.4 is 14.9 Å². The van der Waals surface area contributed by atoms with Crippen molar-refractivity contribution in [1.29, 1.82) is 0 Å². The average molecular weight is 356 g/mol. The van der Waals surface area contributed by atoms with E-state index in [9.17, 15) is 4.79 Å². The molecule has 0 bridgehead atoms. The number of methoxy groups -OCH3 is 2. The number of carbonyl (C=O) groups excluding carboxylic acids is 1. The van der Waals surface area contributed by atoms with Gasteiger partial charge in [0.1, 0.15) is 11.5 Å². The number of aromatic amines is 2. The maximum atomic E-state index is 12.2. The number of hydrogen-bond donors (Lipinski definition) is 3. The second-order valence-electron chi connectivity index (χ2n) is 5.15. The van der Waals surface area contributed by atoms with Gasteiger partial charge in [0.05, 0.1) is 31.5 Å². The number of hydrogen-bond acceptors (Lipinski definition) is 5. The first-order valence-electron chi connectivity index (χ1n) is 7.38. The normalized spacial score (nSPS) is 11.0. The summed E-state index contributed by atoms with van der Waals surface area (Å²) in [6.45, 7) is 0. The molecule has 2 aromatic carbocycles. The molecular formula is C17H16N4O3S. The fourth-order valence-corrected chi connectivity index (χ4v) is 2.54. The number of rotatable bonds is 5. The summed E-state index contributed by atoms with van der Waals surface area (Å²) < 4.78 is 10.9. The summed E-state index contributed by atoms with van der Waals surface area (Å²) in [4.78, 5) is 18.2. The number of imidazole rings is 1.